The Hall–Kier alpha value is -1.32. The zero-order valence-corrected chi connectivity index (χ0v) is 5.72. The number of H-pyrrole nitrogens is 1. The molecule has 0 aliphatic heterocycles. The molecule has 54 valence electrons. The van der Waals surface area contributed by atoms with Gasteiger partial charge in [0.05, 0.1) is 0 Å². The summed E-state index contributed by atoms with van der Waals surface area (Å²) in [6.07, 6.45) is 3.72. The van der Waals surface area contributed by atoms with Crippen LogP contribution < -0.4 is 5.32 Å². The molecular formula is C6H9N3O. The maximum Gasteiger partial charge on any atom is 0.226 e. The van der Waals surface area contributed by atoms with E-state index in [9.17, 15) is 4.79 Å². The van der Waals surface area contributed by atoms with Crippen molar-refractivity contribution < 1.29 is 4.79 Å². The molecule has 4 heteroatoms. The van der Waals surface area contributed by atoms with Gasteiger partial charge in [-0.05, 0) is 0 Å². The fourth-order valence-corrected chi connectivity index (χ4v) is 0.554. The van der Waals surface area contributed by atoms with Crippen molar-refractivity contribution in [3.8, 4) is 0 Å². The van der Waals surface area contributed by atoms with E-state index in [2.05, 4.69) is 15.3 Å². The van der Waals surface area contributed by atoms with Crippen molar-refractivity contribution in [2.24, 2.45) is 0 Å². The highest BCUT2D eigenvalue weighted by molar-refractivity contribution is 5.88. The van der Waals surface area contributed by atoms with Crippen LogP contribution in [-0.4, -0.2) is 15.9 Å². The van der Waals surface area contributed by atoms with Crippen LogP contribution in [0, 0.1) is 0 Å². The highest BCUT2D eigenvalue weighted by Gasteiger charge is 1.97. The summed E-state index contributed by atoms with van der Waals surface area (Å²) in [6.45, 7) is 1.79. The number of nitrogens with one attached hydrogen (secondary N) is 2. The number of imidazole rings is 1. The van der Waals surface area contributed by atoms with Crippen LogP contribution in [0.15, 0.2) is 12.4 Å². The molecule has 0 aromatic carbocycles. The Morgan fingerprint density at radius 3 is 3.20 bits per heavy atom. The number of nitrogens with zero attached hydrogens (tertiary/aromatic N) is 1. The second-order valence-corrected chi connectivity index (χ2v) is 1.84. The summed E-state index contributed by atoms with van der Waals surface area (Å²) in [5.74, 6) is 0.474. The van der Waals surface area contributed by atoms with Gasteiger partial charge in [0.15, 0.2) is 0 Å². The molecule has 0 spiro atoms. The fourth-order valence-electron chi connectivity index (χ4n) is 0.554. The highest BCUT2D eigenvalue weighted by atomic mass is 16.1. The third-order valence-corrected chi connectivity index (χ3v) is 1.08. The molecule has 1 aromatic heterocycles. The lowest BCUT2D eigenvalue weighted by molar-refractivity contribution is -0.115. The van der Waals surface area contributed by atoms with Gasteiger partial charge < -0.3 is 4.98 Å². The molecule has 0 saturated carbocycles. The van der Waals surface area contributed by atoms with E-state index in [0.29, 0.717) is 12.4 Å². The van der Waals surface area contributed by atoms with Gasteiger partial charge in [0, 0.05) is 18.8 Å². The topological polar surface area (TPSA) is 57.8 Å². The van der Waals surface area contributed by atoms with Crippen LogP contribution in [0.3, 0.4) is 0 Å². The molecule has 0 atom stereocenters. The molecule has 0 radical (unpaired) electrons. The Labute approximate surface area is 58.7 Å². The Bertz CT molecular complexity index is 205. The van der Waals surface area contributed by atoms with Crippen molar-refractivity contribution in [3.63, 3.8) is 0 Å². The van der Waals surface area contributed by atoms with Crippen molar-refractivity contribution in [2.75, 3.05) is 5.32 Å². The summed E-state index contributed by atoms with van der Waals surface area (Å²) in [5, 5.41) is 2.57. The average molecular weight is 139 g/mol. The van der Waals surface area contributed by atoms with Crippen LogP contribution >= 0.6 is 0 Å². The summed E-state index contributed by atoms with van der Waals surface area (Å²) in [6, 6.07) is 0. The smallest absolute Gasteiger partial charge is 0.226 e. The molecule has 0 aliphatic rings. The zero-order valence-electron chi connectivity index (χ0n) is 5.72. The minimum Gasteiger partial charge on any atom is -0.331 e. The number of rotatable bonds is 2. The summed E-state index contributed by atoms with van der Waals surface area (Å²) < 4.78 is 0. The monoisotopic (exact) mass is 139 g/mol. The van der Waals surface area contributed by atoms with Crippen LogP contribution in [0.4, 0.5) is 5.95 Å². The Morgan fingerprint density at radius 2 is 2.70 bits per heavy atom. The fraction of sp³-hybridized carbons (Fsp3) is 0.333. The van der Waals surface area contributed by atoms with E-state index in [4.69, 9.17) is 0 Å². The van der Waals surface area contributed by atoms with Gasteiger partial charge in [-0.3, -0.25) is 10.1 Å². The quantitative estimate of drug-likeness (QED) is 0.635. The lowest BCUT2D eigenvalue weighted by Gasteiger charge is -1.95. The second kappa shape index (κ2) is 3.00. The highest BCUT2D eigenvalue weighted by Crippen LogP contribution is 1.94. The van der Waals surface area contributed by atoms with Crippen LogP contribution in [0.5, 0.6) is 0 Å². The van der Waals surface area contributed by atoms with Crippen molar-refractivity contribution in [1.82, 2.24) is 9.97 Å². The minimum absolute atomic E-state index is 0.0325. The van der Waals surface area contributed by atoms with E-state index >= 15 is 0 Å². The normalized spacial score (nSPS) is 9.30. The van der Waals surface area contributed by atoms with Crippen molar-refractivity contribution >= 4 is 11.9 Å². The summed E-state index contributed by atoms with van der Waals surface area (Å²) in [7, 11) is 0. The standard InChI is InChI=1S/C6H9N3O/c1-2-5(10)9-6-7-3-4-8-6/h3-4H,2H2,1H3,(H2,7,8,9,10). The lowest BCUT2D eigenvalue weighted by atomic mass is 10.5. The van der Waals surface area contributed by atoms with Gasteiger partial charge in [-0.15, -0.1) is 0 Å². The molecule has 10 heavy (non-hydrogen) atoms. The molecule has 0 aliphatic carbocycles. The first-order valence-electron chi connectivity index (χ1n) is 3.12. The molecule has 4 nitrogen and oxygen atoms in total. The number of aromatic amines is 1. The van der Waals surface area contributed by atoms with Crippen molar-refractivity contribution in [1.29, 1.82) is 0 Å². The number of aromatic nitrogens is 2. The first-order chi connectivity index (χ1) is 4.83. The maximum atomic E-state index is 10.7. The van der Waals surface area contributed by atoms with Crippen LogP contribution in [0.25, 0.3) is 0 Å². The van der Waals surface area contributed by atoms with Gasteiger partial charge in [-0.2, -0.15) is 0 Å². The molecule has 0 unspecified atom stereocenters. The van der Waals surface area contributed by atoms with Crippen molar-refractivity contribution in [3.05, 3.63) is 12.4 Å². The molecule has 0 bridgehead atoms. The first kappa shape index (κ1) is 6.80. The van der Waals surface area contributed by atoms with Gasteiger partial charge in [-0.1, -0.05) is 6.92 Å². The van der Waals surface area contributed by atoms with Gasteiger partial charge in [0.25, 0.3) is 0 Å². The van der Waals surface area contributed by atoms with Crippen LogP contribution in [-0.2, 0) is 4.79 Å². The number of carbonyl (C=O) groups is 1. The minimum atomic E-state index is -0.0325. The Morgan fingerprint density at radius 1 is 1.90 bits per heavy atom. The lowest BCUT2D eigenvalue weighted by Crippen LogP contribution is -2.10. The molecule has 0 fully saturated rings. The SMILES string of the molecule is CCC(=O)Nc1ncc[nH]1. The molecule has 1 amide bonds. The predicted octanol–water partition coefficient (Wildman–Crippen LogP) is 0.758. The largest absolute Gasteiger partial charge is 0.331 e. The van der Waals surface area contributed by atoms with E-state index in [-0.39, 0.29) is 5.91 Å². The third-order valence-electron chi connectivity index (χ3n) is 1.08. The zero-order chi connectivity index (χ0) is 7.40. The Kier molecular flexibility index (Phi) is 2.04. The second-order valence-electron chi connectivity index (χ2n) is 1.84. The van der Waals surface area contributed by atoms with Crippen molar-refractivity contribution in [2.45, 2.75) is 13.3 Å². The van der Waals surface area contributed by atoms with Gasteiger partial charge in [0.2, 0.25) is 11.9 Å². The van der Waals surface area contributed by atoms with E-state index in [1.54, 1.807) is 19.3 Å². The van der Waals surface area contributed by atoms with E-state index in [0.717, 1.165) is 0 Å². The van der Waals surface area contributed by atoms with E-state index in [1.165, 1.54) is 0 Å². The summed E-state index contributed by atoms with van der Waals surface area (Å²) >= 11 is 0. The first-order valence-corrected chi connectivity index (χ1v) is 3.12. The number of hydrogen-bond donors (Lipinski definition) is 2. The van der Waals surface area contributed by atoms with E-state index < -0.39 is 0 Å². The molecule has 1 aromatic rings. The number of carbonyl (C=O) groups excluding carboxylic acids is 1. The number of hydrogen-bond acceptors (Lipinski definition) is 2. The molecule has 2 N–H and O–H groups in total. The van der Waals surface area contributed by atoms with Crippen LogP contribution in [0.2, 0.25) is 0 Å². The van der Waals surface area contributed by atoms with Gasteiger partial charge in [-0.25, -0.2) is 4.98 Å². The van der Waals surface area contributed by atoms with Gasteiger partial charge >= 0.3 is 0 Å². The van der Waals surface area contributed by atoms with E-state index in [1.807, 2.05) is 0 Å². The summed E-state index contributed by atoms with van der Waals surface area (Å²) in [5.41, 5.74) is 0. The third kappa shape index (κ3) is 1.58. The van der Waals surface area contributed by atoms with Gasteiger partial charge in [0.1, 0.15) is 0 Å². The number of amides is 1. The predicted molar refractivity (Wildman–Crippen MR) is 37.5 cm³/mol. The average Bonchev–Trinajstić information content (AvgIpc) is 2.40. The molecular weight excluding hydrogens is 130 g/mol. The van der Waals surface area contributed by atoms with Crippen LogP contribution in [0.1, 0.15) is 13.3 Å². The maximum absolute atomic E-state index is 10.7. The number of anilines is 1. The molecule has 0 saturated heterocycles. The molecule has 1 rings (SSSR count). The Balaban J connectivity index is 2.48. The molecule has 1 heterocycles. The summed E-state index contributed by atoms with van der Waals surface area (Å²) in [4.78, 5) is 17.3.